The number of aromatic amines is 1. The molecule has 128 valence electrons. The lowest BCUT2D eigenvalue weighted by atomic mass is 9.48. The maximum absolute atomic E-state index is 11.9. The van der Waals surface area contributed by atoms with Crippen LogP contribution in [0.15, 0.2) is 12.3 Å². The van der Waals surface area contributed by atoms with Gasteiger partial charge in [0.1, 0.15) is 0 Å². The molecule has 7 heteroatoms. The summed E-state index contributed by atoms with van der Waals surface area (Å²) in [6, 6.07) is 4.78. The minimum Gasteiger partial charge on any atom is -0.379 e. The van der Waals surface area contributed by atoms with E-state index in [1.807, 2.05) is 6.07 Å². The number of nitrogens with one attached hydrogen (secondary N) is 2. The molecule has 4 aliphatic carbocycles. The van der Waals surface area contributed by atoms with E-state index in [9.17, 15) is 10.1 Å². The van der Waals surface area contributed by atoms with E-state index in [2.05, 4.69) is 26.6 Å². The number of aromatic nitrogens is 3. The summed E-state index contributed by atoms with van der Waals surface area (Å²) >= 11 is 0. The van der Waals surface area contributed by atoms with Gasteiger partial charge in [-0.05, 0) is 55.9 Å². The second-order valence-corrected chi connectivity index (χ2v) is 8.06. The van der Waals surface area contributed by atoms with Crippen molar-refractivity contribution in [2.24, 2.45) is 28.9 Å². The minimum absolute atomic E-state index is 0.124. The molecule has 2 unspecified atom stereocenters. The molecule has 0 aliphatic heterocycles. The van der Waals surface area contributed by atoms with E-state index < -0.39 is 5.91 Å². The first-order valence-corrected chi connectivity index (χ1v) is 8.90. The molecule has 2 heterocycles. The molecular formula is C18H20N6O. The molecular weight excluding hydrogens is 316 g/mol. The molecule has 0 saturated heterocycles. The molecule has 1 amide bonds. The summed E-state index contributed by atoms with van der Waals surface area (Å²) < 4.78 is 0. The number of fused-ring (bicyclic) bond motifs is 1. The van der Waals surface area contributed by atoms with Gasteiger partial charge in [-0.2, -0.15) is 5.26 Å². The fraction of sp³-hybridized carbons (Fsp3) is 0.556. The fourth-order valence-electron chi connectivity index (χ4n) is 5.80. The van der Waals surface area contributed by atoms with Crippen molar-refractivity contribution in [2.75, 3.05) is 5.32 Å². The third-order valence-electron chi connectivity index (χ3n) is 6.54. The lowest BCUT2D eigenvalue weighted by Crippen LogP contribution is -2.55. The molecule has 0 spiro atoms. The molecule has 4 bridgehead atoms. The van der Waals surface area contributed by atoms with Gasteiger partial charge >= 0.3 is 0 Å². The first-order valence-electron chi connectivity index (χ1n) is 8.90. The second kappa shape index (κ2) is 4.94. The fourth-order valence-corrected chi connectivity index (χ4v) is 5.80. The molecule has 4 N–H and O–H groups in total. The lowest BCUT2D eigenvalue weighted by molar-refractivity contribution is -0.0296. The van der Waals surface area contributed by atoms with Crippen molar-refractivity contribution in [1.82, 2.24) is 15.2 Å². The SMILES string of the molecule is N#CC12CC3CC(C1)C(Nc1c(C(N)=O)nnc4[nH]ccc14)C(C3)C2. The van der Waals surface area contributed by atoms with Crippen LogP contribution >= 0.6 is 0 Å². The average Bonchev–Trinajstić information content (AvgIpc) is 3.06. The lowest BCUT2D eigenvalue weighted by Gasteiger charge is -2.57. The Labute approximate surface area is 145 Å². The van der Waals surface area contributed by atoms with E-state index in [-0.39, 0.29) is 17.2 Å². The number of amides is 1. The van der Waals surface area contributed by atoms with Crippen LogP contribution in [0.1, 0.15) is 42.6 Å². The predicted molar refractivity (Wildman–Crippen MR) is 91.4 cm³/mol. The van der Waals surface area contributed by atoms with E-state index in [1.54, 1.807) is 6.20 Å². The summed E-state index contributed by atoms with van der Waals surface area (Å²) in [6.07, 6.45) is 7.09. The quantitative estimate of drug-likeness (QED) is 0.793. The largest absolute Gasteiger partial charge is 0.379 e. The highest BCUT2D eigenvalue weighted by molar-refractivity contribution is 6.04. The van der Waals surface area contributed by atoms with Crippen LogP contribution in [0, 0.1) is 34.5 Å². The van der Waals surface area contributed by atoms with Crippen LogP contribution in [0.25, 0.3) is 11.0 Å². The van der Waals surface area contributed by atoms with Crippen molar-refractivity contribution < 1.29 is 4.79 Å². The highest BCUT2D eigenvalue weighted by atomic mass is 16.1. The molecule has 4 aliphatic rings. The van der Waals surface area contributed by atoms with Crippen LogP contribution < -0.4 is 11.1 Å². The maximum Gasteiger partial charge on any atom is 0.271 e. The Bertz CT molecular complexity index is 896. The zero-order chi connectivity index (χ0) is 17.2. The third-order valence-corrected chi connectivity index (χ3v) is 6.54. The summed E-state index contributed by atoms with van der Waals surface area (Å²) in [5.41, 5.74) is 6.92. The zero-order valence-electron chi connectivity index (χ0n) is 13.8. The summed E-state index contributed by atoms with van der Waals surface area (Å²) in [5, 5.41) is 22.2. The number of primary amides is 1. The number of hydrogen-bond acceptors (Lipinski definition) is 5. The summed E-state index contributed by atoms with van der Waals surface area (Å²) in [6.45, 7) is 0. The normalized spacial score (nSPS) is 35.6. The zero-order valence-corrected chi connectivity index (χ0v) is 13.8. The molecule has 4 fully saturated rings. The van der Waals surface area contributed by atoms with Gasteiger partial charge in [0.2, 0.25) is 0 Å². The van der Waals surface area contributed by atoms with E-state index >= 15 is 0 Å². The predicted octanol–water partition coefficient (Wildman–Crippen LogP) is 2.19. The van der Waals surface area contributed by atoms with Crippen LogP contribution in [0.3, 0.4) is 0 Å². The van der Waals surface area contributed by atoms with Gasteiger partial charge in [0.15, 0.2) is 11.3 Å². The Balaban J connectivity index is 1.54. The molecule has 0 radical (unpaired) electrons. The molecule has 2 atom stereocenters. The van der Waals surface area contributed by atoms with E-state index in [4.69, 9.17) is 5.73 Å². The number of rotatable bonds is 3. The first kappa shape index (κ1) is 14.7. The molecule has 0 aromatic carbocycles. The Morgan fingerprint density at radius 1 is 1.32 bits per heavy atom. The minimum atomic E-state index is -0.574. The van der Waals surface area contributed by atoms with Gasteiger partial charge in [-0.1, -0.05) is 0 Å². The van der Waals surface area contributed by atoms with Crippen molar-refractivity contribution in [2.45, 2.75) is 38.1 Å². The smallest absolute Gasteiger partial charge is 0.271 e. The van der Waals surface area contributed by atoms with Gasteiger partial charge < -0.3 is 16.0 Å². The van der Waals surface area contributed by atoms with Crippen LogP contribution in [0.5, 0.6) is 0 Å². The van der Waals surface area contributed by atoms with Gasteiger partial charge in [0.25, 0.3) is 5.91 Å². The average molecular weight is 336 g/mol. The Morgan fingerprint density at radius 2 is 2.08 bits per heavy atom. The molecule has 25 heavy (non-hydrogen) atoms. The summed E-state index contributed by atoms with van der Waals surface area (Å²) in [5.74, 6) is 1.03. The highest BCUT2D eigenvalue weighted by Crippen LogP contribution is 2.60. The van der Waals surface area contributed by atoms with Crippen LogP contribution in [0.4, 0.5) is 5.69 Å². The van der Waals surface area contributed by atoms with Gasteiger partial charge in [-0.15, -0.1) is 10.2 Å². The summed E-state index contributed by atoms with van der Waals surface area (Å²) in [7, 11) is 0. The molecule has 6 rings (SSSR count). The van der Waals surface area contributed by atoms with Crippen molar-refractivity contribution >= 4 is 22.6 Å². The molecule has 4 saturated carbocycles. The first-order chi connectivity index (χ1) is 12.1. The van der Waals surface area contributed by atoms with Crippen molar-refractivity contribution in [1.29, 1.82) is 5.26 Å². The number of nitrogens with zero attached hydrogens (tertiary/aromatic N) is 3. The van der Waals surface area contributed by atoms with E-state index in [0.29, 0.717) is 29.1 Å². The second-order valence-electron chi connectivity index (χ2n) is 8.06. The number of nitrogens with two attached hydrogens (primary N) is 1. The van der Waals surface area contributed by atoms with Gasteiger partial charge in [0, 0.05) is 17.6 Å². The maximum atomic E-state index is 11.9. The Morgan fingerprint density at radius 3 is 2.76 bits per heavy atom. The molecule has 2 aromatic rings. The van der Waals surface area contributed by atoms with Gasteiger partial charge in [-0.3, -0.25) is 4.79 Å². The number of carbonyl (C=O) groups excluding carboxylic acids is 1. The van der Waals surface area contributed by atoms with Crippen LogP contribution in [-0.4, -0.2) is 27.1 Å². The van der Waals surface area contributed by atoms with E-state index in [0.717, 1.165) is 37.5 Å². The standard InChI is InChI=1S/C18H20N6O/c19-8-18-5-9-3-10(6-18)13(11(4-9)7-18)22-14-12-1-2-21-17(12)24-23-15(14)16(20)25/h1-2,9-11,13H,3-7H2,(H2,20,25)(H2,21,22,24). The Kier molecular flexibility index (Phi) is 2.91. The summed E-state index contributed by atoms with van der Waals surface area (Å²) in [4.78, 5) is 14.9. The number of carbonyl (C=O) groups is 1. The van der Waals surface area contributed by atoms with Crippen molar-refractivity contribution in [3.8, 4) is 6.07 Å². The Hall–Kier alpha value is -2.62. The molecule has 2 aromatic heterocycles. The van der Waals surface area contributed by atoms with Crippen LogP contribution in [0.2, 0.25) is 0 Å². The van der Waals surface area contributed by atoms with Gasteiger partial charge in [0.05, 0.1) is 17.2 Å². The topological polar surface area (TPSA) is 120 Å². The molecule has 7 nitrogen and oxygen atoms in total. The van der Waals surface area contributed by atoms with Gasteiger partial charge in [-0.25, -0.2) is 0 Å². The monoisotopic (exact) mass is 336 g/mol. The highest BCUT2D eigenvalue weighted by Gasteiger charge is 2.55. The number of H-pyrrole nitrogens is 1. The number of anilines is 1. The number of hydrogen-bond donors (Lipinski definition) is 3. The van der Waals surface area contributed by atoms with Crippen LogP contribution in [-0.2, 0) is 0 Å². The third kappa shape index (κ3) is 2.06. The van der Waals surface area contributed by atoms with Crippen molar-refractivity contribution in [3.05, 3.63) is 18.0 Å². The van der Waals surface area contributed by atoms with E-state index in [1.165, 1.54) is 0 Å². The number of nitriles is 1. The van der Waals surface area contributed by atoms with Crippen molar-refractivity contribution in [3.63, 3.8) is 0 Å².